The first-order chi connectivity index (χ1) is 9.94. The Hall–Kier alpha value is -1.36. The summed E-state index contributed by atoms with van der Waals surface area (Å²) in [5.41, 5.74) is -0.0565. The minimum Gasteiger partial charge on any atom is -0.380 e. The minimum atomic E-state index is -0.0565. The molecule has 5 nitrogen and oxygen atoms in total. The lowest BCUT2D eigenvalue weighted by Gasteiger charge is -2.23. The van der Waals surface area contributed by atoms with Gasteiger partial charge in [-0.25, -0.2) is 9.97 Å². The van der Waals surface area contributed by atoms with Crippen LogP contribution in [0.15, 0.2) is 6.07 Å². The minimum absolute atomic E-state index is 0.0565. The molecule has 1 fully saturated rings. The Kier molecular flexibility index (Phi) is 5.04. The predicted molar refractivity (Wildman–Crippen MR) is 87.1 cm³/mol. The molecule has 0 radical (unpaired) electrons. The monoisotopic (exact) mass is 292 g/mol. The van der Waals surface area contributed by atoms with Crippen LogP contribution in [-0.4, -0.2) is 42.8 Å². The Morgan fingerprint density at radius 3 is 2.71 bits per heavy atom. The average Bonchev–Trinajstić information content (AvgIpc) is 2.93. The van der Waals surface area contributed by atoms with Gasteiger partial charge in [0.2, 0.25) is 0 Å². The van der Waals surface area contributed by atoms with Gasteiger partial charge in [0.05, 0.1) is 6.10 Å². The number of rotatable bonds is 5. The molecule has 1 aromatic heterocycles. The fourth-order valence-electron chi connectivity index (χ4n) is 2.40. The summed E-state index contributed by atoms with van der Waals surface area (Å²) in [4.78, 5) is 11.7. The Labute approximate surface area is 128 Å². The fraction of sp³-hybridized carbons (Fsp3) is 0.750. The molecule has 0 bridgehead atoms. The van der Waals surface area contributed by atoms with Crippen molar-refractivity contribution in [1.29, 1.82) is 0 Å². The van der Waals surface area contributed by atoms with E-state index in [2.05, 4.69) is 49.0 Å². The van der Waals surface area contributed by atoms with Gasteiger partial charge in [-0.15, -0.1) is 0 Å². The lowest BCUT2D eigenvalue weighted by atomic mass is 9.96. The van der Waals surface area contributed by atoms with Crippen molar-refractivity contribution < 1.29 is 4.74 Å². The number of ether oxygens (including phenoxy) is 1. The van der Waals surface area contributed by atoms with Crippen LogP contribution in [0.2, 0.25) is 0 Å². The van der Waals surface area contributed by atoms with Crippen molar-refractivity contribution in [1.82, 2.24) is 9.97 Å². The molecule has 1 aliphatic rings. The molecule has 1 unspecified atom stereocenters. The van der Waals surface area contributed by atoms with E-state index in [4.69, 9.17) is 9.72 Å². The molecule has 1 aliphatic heterocycles. The Morgan fingerprint density at radius 2 is 2.14 bits per heavy atom. The SMILES string of the molecule is CCCNc1cc(N2CCC(OC)C2)nc(C(C)(C)C)n1. The third-order valence-electron chi connectivity index (χ3n) is 3.74. The largest absolute Gasteiger partial charge is 0.380 e. The zero-order chi connectivity index (χ0) is 15.5. The van der Waals surface area contributed by atoms with Crippen LogP contribution >= 0.6 is 0 Å². The maximum Gasteiger partial charge on any atom is 0.138 e. The standard InChI is InChI=1S/C16H28N4O/c1-6-8-17-13-10-14(19-15(18-13)16(2,3)4)20-9-7-12(11-20)21-5/h10,12H,6-9,11H2,1-5H3,(H,17,18,19). The number of aromatic nitrogens is 2. The van der Waals surface area contributed by atoms with Gasteiger partial charge in [0.25, 0.3) is 0 Å². The highest BCUT2D eigenvalue weighted by Gasteiger charge is 2.26. The van der Waals surface area contributed by atoms with Gasteiger partial charge in [0.1, 0.15) is 17.5 Å². The molecular weight excluding hydrogens is 264 g/mol. The van der Waals surface area contributed by atoms with Gasteiger partial charge in [-0.3, -0.25) is 0 Å². The van der Waals surface area contributed by atoms with E-state index >= 15 is 0 Å². The second-order valence-corrected chi connectivity index (χ2v) is 6.70. The number of nitrogens with one attached hydrogen (secondary N) is 1. The van der Waals surface area contributed by atoms with Gasteiger partial charge >= 0.3 is 0 Å². The molecule has 2 heterocycles. The van der Waals surface area contributed by atoms with Crippen LogP contribution < -0.4 is 10.2 Å². The summed E-state index contributed by atoms with van der Waals surface area (Å²) < 4.78 is 5.45. The molecule has 0 amide bonds. The van der Waals surface area contributed by atoms with Gasteiger partial charge in [-0.2, -0.15) is 0 Å². The topological polar surface area (TPSA) is 50.3 Å². The first-order valence-corrected chi connectivity index (χ1v) is 7.85. The highest BCUT2D eigenvalue weighted by Crippen LogP contribution is 2.26. The number of nitrogens with zero attached hydrogens (tertiary/aromatic N) is 3. The van der Waals surface area contributed by atoms with Crippen LogP contribution in [0.4, 0.5) is 11.6 Å². The van der Waals surface area contributed by atoms with Gasteiger partial charge in [0, 0.05) is 38.2 Å². The molecule has 2 rings (SSSR count). The molecule has 5 heteroatoms. The predicted octanol–water partition coefficient (Wildman–Crippen LogP) is 2.82. The molecule has 0 spiro atoms. The first-order valence-electron chi connectivity index (χ1n) is 7.85. The van der Waals surface area contributed by atoms with Gasteiger partial charge in [-0.05, 0) is 12.8 Å². The molecule has 1 saturated heterocycles. The highest BCUT2D eigenvalue weighted by molar-refractivity contribution is 5.50. The van der Waals surface area contributed by atoms with Crippen molar-refractivity contribution >= 4 is 11.6 Å². The summed E-state index contributed by atoms with van der Waals surface area (Å²) >= 11 is 0. The second kappa shape index (κ2) is 6.60. The molecule has 1 atom stereocenters. The van der Waals surface area contributed by atoms with E-state index in [0.717, 1.165) is 49.9 Å². The van der Waals surface area contributed by atoms with Gasteiger partial charge in [0.15, 0.2) is 0 Å². The maximum absolute atomic E-state index is 5.45. The molecule has 0 aromatic carbocycles. The maximum atomic E-state index is 5.45. The summed E-state index contributed by atoms with van der Waals surface area (Å²) in [5.74, 6) is 2.82. The first kappa shape index (κ1) is 16.0. The Balaban J connectivity index is 2.27. The van der Waals surface area contributed by atoms with Gasteiger partial charge in [-0.1, -0.05) is 27.7 Å². The van der Waals surface area contributed by atoms with Crippen molar-refractivity contribution in [2.24, 2.45) is 0 Å². The van der Waals surface area contributed by atoms with Crippen molar-refractivity contribution in [3.05, 3.63) is 11.9 Å². The van der Waals surface area contributed by atoms with Crippen molar-refractivity contribution in [2.45, 2.75) is 52.1 Å². The van der Waals surface area contributed by atoms with E-state index in [9.17, 15) is 0 Å². The van der Waals surface area contributed by atoms with Crippen LogP contribution in [0, 0.1) is 0 Å². The molecule has 1 N–H and O–H groups in total. The third-order valence-corrected chi connectivity index (χ3v) is 3.74. The van der Waals surface area contributed by atoms with Crippen molar-refractivity contribution in [3.63, 3.8) is 0 Å². The Morgan fingerprint density at radius 1 is 1.38 bits per heavy atom. The smallest absolute Gasteiger partial charge is 0.138 e. The van der Waals surface area contributed by atoms with E-state index in [1.165, 1.54) is 0 Å². The molecular formula is C16H28N4O. The van der Waals surface area contributed by atoms with Crippen molar-refractivity contribution in [2.75, 3.05) is 37.0 Å². The second-order valence-electron chi connectivity index (χ2n) is 6.70. The van der Waals surface area contributed by atoms with Crippen LogP contribution in [0.3, 0.4) is 0 Å². The summed E-state index contributed by atoms with van der Waals surface area (Å²) in [6.07, 6.45) is 2.45. The lowest BCUT2D eigenvalue weighted by molar-refractivity contribution is 0.121. The number of hydrogen-bond donors (Lipinski definition) is 1. The zero-order valence-electron chi connectivity index (χ0n) is 13.9. The summed E-state index contributed by atoms with van der Waals surface area (Å²) in [6.45, 7) is 11.4. The molecule has 118 valence electrons. The number of anilines is 2. The van der Waals surface area contributed by atoms with E-state index in [1.807, 2.05) is 0 Å². The summed E-state index contributed by atoms with van der Waals surface area (Å²) in [7, 11) is 1.78. The van der Waals surface area contributed by atoms with Gasteiger partial charge < -0.3 is 15.0 Å². The molecule has 1 aromatic rings. The van der Waals surface area contributed by atoms with Crippen LogP contribution in [-0.2, 0) is 10.2 Å². The Bertz CT molecular complexity index is 470. The average molecular weight is 292 g/mol. The third kappa shape index (κ3) is 4.06. The summed E-state index contributed by atoms with van der Waals surface area (Å²) in [6, 6.07) is 2.06. The number of hydrogen-bond acceptors (Lipinski definition) is 5. The van der Waals surface area contributed by atoms with E-state index in [-0.39, 0.29) is 5.41 Å². The van der Waals surface area contributed by atoms with E-state index < -0.39 is 0 Å². The molecule has 21 heavy (non-hydrogen) atoms. The number of methoxy groups -OCH3 is 1. The zero-order valence-corrected chi connectivity index (χ0v) is 13.9. The molecule has 0 aliphatic carbocycles. The van der Waals surface area contributed by atoms with Crippen LogP contribution in [0.1, 0.15) is 46.4 Å². The van der Waals surface area contributed by atoms with Crippen LogP contribution in [0.5, 0.6) is 0 Å². The molecule has 0 saturated carbocycles. The van der Waals surface area contributed by atoms with E-state index in [0.29, 0.717) is 6.10 Å². The lowest BCUT2D eigenvalue weighted by Crippen LogP contribution is -2.26. The van der Waals surface area contributed by atoms with Crippen molar-refractivity contribution in [3.8, 4) is 0 Å². The fourth-order valence-corrected chi connectivity index (χ4v) is 2.40. The van der Waals surface area contributed by atoms with E-state index in [1.54, 1.807) is 7.11 Å². The highest BCUT2D eigenvalue weighted by atomic mass is 16.5. The quantitative estimate of drug-likeness (QED) is 0.904. The summed E-state index contributed by atoms with van der Waals surface area (Å²) in [5, 5.41) is 3.39. The normalized spacial score (nSPS) is 19.1. The van der Waals surface area contributed by atoms with Crippen LogP contribution in [0.25, 0.3) is 0 Å².